The van der Waals surface area contributed by atoms with Crippen molar-refractivity contribution in [1.82, 2.24) is 20.5 Å². The van der Waals surface area contributed by atoms with E-state index in [1.54, 1.807) is 18.1 Å². The van der Waals surface area contributed by atoms with Crippen molar-refractivity contribution in [3.05, 3.63) is 30.0 Å². The largest absolute Gasteiger partial charge is 0.496 e. The molecule has 1 aliphatic carbocycles. The lowest BCUT2D eigenvalue weighted by Crippen LogP contribution is -2.49. The van der Waals surface area contributed by atoms with Crippen LogP contribution in [0.3, 0.4) is 0 Å². The molecule has 178 valence electrons. The number of carbonyl (C=O) groups excluding carboxylic acids is 3. The average Bonchev–Trinajstić information content (AvgIpc) is 3.25. The molecule has 1 aromatic carbocycles. The highest BCUT2D eigenvalue weighted by molar-refractivity contribution is 6.01. The highest BCUT2D eigenvalue weighted by Crippen LogP contribution is 2.43. The van der Waals surface area contributed by atoms with Crippen molar-refractivity contribution in [1.29, 1.82) is 5.26 Å². The number of hydrogen-bond donors (Lipinski definition) is 3. The molecule has 0 radical (unpaired) electrons. The summed E-state index contributed by atoms with van der Waals surface area (Å²) in [4.78, 5) is 43.6. The summed E-state index contributed by atoms with van der Waals surface area (Å²) in [6.07, 6.45) is 3.79. The molecule has 3 amide bonds. The van der Waals surface area contributed by atoms with Crippen LogP contribution in [-0.4, -0.2) is 59.9 Å². The molecule has 4 atom stereocenters. The summed E-state index contributed by atoms with van der Waals surface area (Å²) >= 11 is 0. The molecular weight excluding hydrogens is 434 g/mol. The average molecular weight is 464 g/mol. The highest BCUT2D eigenvalue weighted by atomic mass is 16.5. The number of rotatable bonds is 7. The summed E-state index contributed by atoms with van der Waals surface area (Å²) in [5.41, 5.74) is 1.20. The van der Waals surface area contributed by atoms with Crippen molar-refractivity contribution in [2.24, 2.45) is 17.8 Å². The van der Waals surface area contributed by atoms with E-state index in [0.717, 1.165) is 23.7 Å². The second-order valence-electron chi connectivity index (χ2n) is 9.61. The fourth-order valence-electron chi connectivity index (χ4n) is 5.39. The summed E-state index contributed by atoms with van der Waals surface area (Å²) in [5.74, 6) is 0.596. The Morgan fingerprint density at radius 1 is 1.29 bits per heavy atom. The molecule has 9 nitrogen and oxygen atoms in total. The molecule has 1 unspecified atom stereocenters. The van der Waals surface area contributed by atoms with Crippen molar-refractivity contribution in [2.75, 3.05) is 20.2 Å². The lowest BCUT2D eigenvalue weighted by Gasteiger charge is -2.25. The molecule has 5 rings (SSSR count). The van der Waals surface area contributed by atoms with E-state index in [2.05, 4.69) is 21.7 Å². The van der Waals surface area contributed by atoms with E-state index in [4.69, 9.17) is 4.74 Å². The van der Waals surface area contributed by atoms with E-state index < -0.39 is 12.1 Å². The van der Waals surface area contributed by atoms with Gasteiger partial charge in [0.1, 0.15) is 23.5 Å². The van der Waals surface area contributed by atoms with Crippen molar-refractivity contribution in [2.45, 2.75) is 44.2 Å². The van der Waals surface area contributed by atoms with Crippen molar-refractivity contribution >= 4 is 28.6 Å². The minimum absolute atomic E-state index is 0.0739. The SMILES string of the molecule is COc1cccc2[nH]c(C(=O)N3C[C@H](C4CC4)CC3C(=O)N[C@H](C#N)C[C@@H]3CCNC3=O)cc12. The van der Waals surface area contributed by atoms with Gasteiger partial charge in [0.15, 0.2) is 0 Å². The molecule has 3 fully saturated rings. The molecule has 0 bridgehead atoms. The van der Waals surface area contributed by atoms with Crippen LogP contribution in [0.25, 0.3) is 10.9 Å². The van der Waals surface area contributed by atoms with Gasteiger partial charge in [0, 0.05) is 29.9 Å². The molecule has 2 aliphatic heterocycles. The van der Waals surface area contributed by atoms with Crippen LogP contribution in [0.5, 0.6) is 5.75 Å². The van der Waals surface area contributed by atoms with Crippen LogP contribution >= 0.6 is 0 Å². The molecule has 1 aromatic heterocycles. The zero-order chi connectivity index (χ0) is 23.8. The van der Waals surface area contributed by atoms with E-state index in [-0.39, 0.29) is 36.0 Å². The standard InChI is InChI=1S/C25H29N5O4/c1-34-22-4-2-3-19-18(22)11-20(29-19)25(33)30-13-16(14-5-6-14)10-21(30)24(32)28-17(12-26)9-15-7-8-27-23(15)31/h2-4,11,14-17,21,29H,5-10,13H2,1H3,(H,27,31)(H,28,32)/t15-,16+,17-,21?/m0/s1. The quantitative estimate of drug-likeness (QED) is 0.578. The van der Waals surface area contributed by atoms with Gasteiger partial charge in [-0.15, -0.1) is 0 Å². The number of ether oxygens (including phenoxy) is 1. The number of H-pyrrole nitrogens is 1. The summed E-state index contributed by atoms with van der Waals surface area (Å²) in [5, 5.41) is 16.0. The number of benzene rings is 1. The number of nitrogens with zero attached hydrogens (tertiary/aromatic N) is 2. The number of nitrogens with one attached hydrogen (secondary N) is 3. The van der Waals surface area contributed by atoms with E-state index >= 15 is 0 Å². The zero-order valence-corrected chi connectivity index (χ0v) is 19.2. The first-order chi connectivity index (χ1) is 16.5. The molecule has 2 saturated heterocycles. The van der Waals surface area contributed by atoms with Crippen LogP contribution in [0.2, 0.25) is 0 Å². The number of methoxy groups -OCH3 is 1. The molecule has 1 saturated carbocycles. The predicted octanol–water partition coefficient (Wildman–Crippen LogP) is 1.95. The highest BCUT2D eigenvalue weighted by Gasteiger charge is 2.46. The third kappa shape index (κ3) is 4.20. The van der Waals surface area contributed by atoms with Crippen LogP contribution < -0.4 is 15.4 Å². The zero-order valence-electron chi connectivity index (χ0n) is 19.2. The van der Waals surface area contributed by atoms with Crippen LogP contribution in [0.1, 0.15) is 42.6 Å². The number of likely N-dealkylation sites (tertiary alicyclic amines) is 1. The normalized spacial score (nSPS) is 25.1. The minimum atomic E-state index is -0.768. The second kappa shape index (κ2) is 9.01. The number of aromatic nitrogens is 1. The molecule has 3 heterocycles. The molecule has 34 heavy (non-hydrogen) atoms. The number of aromatic amines is 1. The first-order valence-electron chi connectivity index (χ1n) is 11.9. The van der Waals surface area contributed by atoms with Crippen LogP contribution in [0.4, 0.5) is 0 Å². The van der Waals surface area contributed by atoms with Crippen molar-refractivity contribution < 1.29 is 19.1 Å². The monoisotopic (exact) mass is 463 g/mol. The Labute approximate surface area is 197 Å². The number of nitriles is 1. The van der Waals surface area contributed by atoms with E-state index in [0.29, 0.717) is 43.3 Å². The first kappa shape index (κ1) is 22.3. The molecule has 3 N–H and O–H groups in total. The summed E-state index contributed by atoms with van der Waals surface area (Å²) < 4.78 is 5.41. The smallest absolute Gasteiger partial charge is 0.270 e. The maximum Gasteiger partial charge on any atom is 0.270 e. The Hall–Kier alpha value is -3.54. The van der Waals surface area contributed by atoms with Crippen LogP contribution in [0, 0.1) is 29.1 Å². The maximum atomic E-state index is 13.6. The molecule has 0 spiro atoms. The van der Waals surface area contributed by atoms with Gasteiger partial charge in [-0.05, 0) is 62.1 Å². The third-order valence-corrected chi connectivity index (χ3v) is 7.42. The molecule has 3 aliphatic rings. The van der Waals surface area contributed by atoms with Crippen LogP contribution in [0.15, 0.2) is 24.3 Å². The lowest BCUT2D eigenvalue weighted by molar-refractivity contribution is -0.126. The van der Waals surface area contributed by atoms with Gasteiger partial charge in [-0.2, -0.15) is 5.26 Å². The first-order valence-corrected chi connectivity index (χ1v) is 11.9. The fourth-order valence-corrected chi connectivity index (χ4v) is 5.39. The Morgan fingerprint density at radius 3 is 2.79 bits per heavy atom. The molecular formula is C25H29N5O4. The Morgan fingerprint density at radius 2 is 2.12 bits per heavy atom. The van der Waals surface area contributed by atoms with E-state index in [1.165, 1.54) is 0 Å². The van der Waals surface area contributed by atoms with Gasteiger partial charge < -0.3 is 25.3 Å². The maximum absolute atomic E-state index is 13.6. The van der Waals surface area contributed by atoms with Gasteiger partial charge in [0.05, 0.1) is 13.2 Å². The molecule has 2 aromatic rings. The van der Waals surface area contributed by atoms with Gasteiger partial charge >= 0.3 is 0 Å². The van der Waals surface area contributed by atoms with Crippen LogP contribution in [-0.2, 0) is 9.59 Å². The van der Waals surface area contributed by atoms with Gasteiger partial charge in [-0.3, -0.25) is 14.4 Å². The van der Waals surface area contributed by atoms with E-state index in [1.807, 2.05) is 18.2 Å². The van der Waals surface area contributed by atoms with Crippen molar-refractivity contribution in [3.63, 3.8) is 0 Å². The van der Waals surface area contributed by atoms with Gasteiger partial charge in [-0.25, -0.2) is 0 Å². The summed E-state index contributed by atoms with van der Waals surface area (Å²) in [6.45, 7) is 1.12. The lowest BCUT2D eigenvalue weighted by atomic mass is 9.97. The minimum Gasteiger partial charge on any atom is -0.496 e. The number of amides is 3. The Balaban J connectivity index is 1.35. The Bertz CT molecular complexity index is 1160. The van der Waals surface area contributed by atoms with E-state index in [9.17, 15) is 19.6 Å². The molecule has 9 heteroatoms. The third-order valence-electron chi connectivity index (χ3n) is 7.42. The van der Waals surface area contributed by atoms with Crippen molar-refractivity contribution in [3.8, 4) is 11.8 Å². The van der Waals surface area contributed by atoms with Gasteiger partial charge in [0.25, 0.3) is 5.91 Å². The number of hydrogen-bond acceptors (Lipinski definition) is 5. The number of fused-ring (bicyclic) bond motifs is 1. The predicted molar refractivity (Wildman–Crippen MR) is 124 cm³/mol. The van der Waals surface area contributed by atoms with Gasteiger partial charge in [0.2, 0.25) is 11.8 Å². The fraction of sp³-hybridized carbons (Fsp3) is 0.520. The summed E-state index contributed by atoms with van der Waals surface area (Å²) in [7, 11) is 1.59. The Kier molecular flexibility index (Phi) is 5.90. The number of carbonyl (C=O) groups is 3. The summed E-state index contributed by atoms with van der Waals surface area (Å²) in [6, 6.07) is 8.06. The second-order valence-corrected chi connectivity index (χ2v) is 9.61. The topological polar surface area (TPSA) is 127 Å². The van der Waals surface area contributed by atoms with Gasteiger partial charge in [-0.1, -0.05) is 6.07 Å².